The van der Waals surface area contributed by atoms with E-state index >= 15 is 0 Å². The van der Waals surface area contributed by atoms with Crippen molar-refractivity contribution in [1.82, 2.24) is 4.57 Å². The van der Waals surface area contributed by atoms with Crippen LogP contribution in [0.25, 0.3) is 11.3 Å². The molecule has 0 radical (unpaired) electrons. The summed E-state index contributed by atoms with van der Waals surface area (Å²) in [6.07, 6.45) is 1.94. The number of ether oxygens (including phenoxy) is 2. The lowest BCUT2D eigenvalue weighted by atomic mass is 10.1. The second-order valence-electron chi connectivity index (χ2n) is 5.50. The van der Waals surface area contributed by atoms with Crippen molar-refractivity contribution in [2.75, 3.05) is 13.7 Å². The molecule has 0 N–H and O–H groups in total. The molecular formula is C18H18N2O3. The Bertz CT molecular complexity index is 799. The average molecular weight is 310 g/mol. The molecule has 1 aromatic heterocycles. The molecule has 0 spiro atoms. The molecule has 2 heterocycles. The van der Waals surface area contributed by atoms with Crippen LogP contribution in [-0.2, 0) is 11.3 Å². The standard InChI is InChI=1S/C18H18N2O3/c1-22-17-7-3-2-6-15(17)16-9-8-13(11-19)18(21)20(16)12-14-5-4-10-23-14/h2-3,6-9,14H,4-5,10,12H2,1H3. The highest BCUT2D eigenvalue weighted by molar-refractivity contribution is 5.68. The SMILES string of the molecule is COc1ccccc1-c1ccc(C#N)c(=O)n1CC1CCCO1. The first kappa shape index (κ1) is 15.3. The predicted octanol–water partition coefficient (Wildman–Crippen LogP) is 2.57. The van der Waals surface area contributed by atoms with Crippen LogP contribution in [0.3, 0.4) is 0 Å². The molecule has 3 rings (SSSR count). The number of aromatic nitrogens is 1. The molecule has 23 heavy (non-hydrogen) atoms. The lowest BCUT2D eigenvalue weighted by Gasteiger charge is -2.18. The fourth-order valence-corrected chi connectivity index (χ4v) is 2.93. The monoisotopic (exact) mass is 310 g/mol. The van der Waals surface area contributed by atoms with Crippen molar-refractivity contribution in [1.29, 1.82) is 5.26 Å². The summed E-state index contributed by atoms with van der Waals surface area (Å²) in [6, 6.07) is 12.9. The molecule has 0 amide bonds. The van der Waals surface area contributed by atoms with Gasteiger partial charge < -0.3 is 14.0 Å². The average Bonchev–Trinajstić information content (AvgIpc) is 3.10. The van der Waals surface area contributed by atoms with E-state index in [2.05, 4.69) is 0 Å². The number of pyridine rings is 1. The van der Waals surface area contributed by atoms with Crippen molar-refractivity contribution in [2.24, 2.45) is 0 Å². The Hall–Kier alpha value is -2.58. The Balaban J connectivity index is 2.14. The van der Waals surface area contributed by atoms with E-state index in [1.165, 1.54) is 0 Å². The molecule has 0 bridgehead atoms. The van der Waals surface area contributed by atoms with E-state index in [-0.39, 0.29) is 17.2 Å². The maximum Gasteiger partial charge on any atom is 0.269 e. The number of nitriles is 1. The van der Waals surface area contributed by atoms with Gasteiger partial charge in [-0.15, -0.1) is 0 Å². The Kier molecular flexibility index (Phi) is 4.45. The summed E-state index contributed by atoms with van der Waals surface area (Å²) in [6.45, 7) is 1.17. The van der Waals surface area contributed by atoms with E-state index in [0.29, 0.717) is 12.3 Å². The number of nitrogens with zero attached hydrogens (tertiary/aromatic N) is 2. The van der Waals surface area contributed by atoms with E-state index in [1.54, 1.807) is 23.8 Å². The topological polar surface area (TPSA) is 64.2 Å². The van der Waals surface area contributed by atoms with Gasteiger partial charge in [0, 0.05) is 12.2 Å². The van der Waals surface area contributed by atoms with Gasteiger partial charge in [0.15, 0.2) is 0 Å². The predicted molar refractivity (Wildman–Crippen MR) is 86.4 cm³/mol. The number of para-hydroxylation sites is 1. The third-order valence-electron chi connectivity index (χ3n) is 4.09. The van der Waals surface area contributed by atoms with E-state index in [1.807, 2.05) is 30.3 Å². The normalized spacial score (nSPS) is 17.0. The Morgan fingerprint density at radius 1 is 1.35 bits per heavy atom. The zero-order chi connectivity index (χ0) is 16.2. The first-order chi connectivity index (χ1) is 11.2. The van der Waals surface area contributed by atoms with Crippen LogP contribution < -0.4 is 10.3 Å². The van der Waals surface area contributed by atoms with Crippen LogP contribution in [0.15, 0.2) is 41.2 Å². The van der Waals surface area contributed by atoms with Gasteiger partial charge in [0.1, 0.15) is 17.4 Å². The van der Waals surface area contributed by atoms with Crippen molar-refractivity contribution >= 4 is 0 Å². The zero-order valence-corrected chi connectivity index (χ0v) is 13.0. The third kappa shape index (κ3) is 2.99. The van der Waals surface area contributed by atoms with Crippen molar-refractivity contribution in [3.8, 4) is 23.1 Å². The van der Waals surface area contributed by atoms with Gasteiger partial charge in [-0.3, -0.25) is 4.79 Å². The van der Waals surface area contributed by atoms with E-state index in [4.69, 9.17) is 14.7 Å². The van der Waals surface area contributed by atoms with Crippen molar-refractivity contribution < 1.29 is 9.47 Å². The summed E-state index contributed by atoms with van der Waals surface area (Å²) in [4.78, 5) is 12.6. The smallest absolute Gasteiger partial charge is 0.269 e. The Morgan fingerprint density at radius 3 is 2.87 bits per heavy atom. The van der Waals surface area contributed by atoms with E-state index < -0.39 is 0 Å². The molecule has 1 unspecified atom stereocenters. The highest BCUT2D eigenvalue weighted by Crippen LogP contribution is 2.29. The minimum atomic E-state index is -0.286. The Labute approximate surface area is 134 Å². The fraction of sp³-hybridized carbons (Fsp3) is 0.333. The number of methoxy groups -OCH3 is 1. The molecule has 1 aliphatic rings. The summed E-state index contributed by atoms with van der Waals surface area (Å²) in [5.41, 5.74) is 1.42. The van der Waals surface area contributed by atoms with Gasteiger partial charge in [-0.05, 0) is 37.1 Å². The molecule has 0 saturated carbocycles. The van der Waals surface area contributed by atoms with Gasteiger partial charge >= 0.3 is 0 Å². The van der Waals surface area contributed by atoms with Gasteiger partial charge in [-0.25, -0.2) is 0 Å². The van der Waals surface area contributed by atoms with Crippen LogP contribution in [0.4, 0.5) is 0 Å². The maximum atomic E-state index is 12.6. The first-order valence-corrected chi connectivity index (χ1v) is 7.63. The van der Waals surface area contributed by atoms with Crippen LogP contribution >= 0.6 is 0 Å². The quantitative estimate of drug-likeness (QED) is 0.870. The van der Waals surface area contributed by atoms with Crippen LogP contribution in [0.2, 0.25) is 0 Å². The van der Waals surface area contributed by atoms with Crippen LogP contribution in [0.1, 0.15) is 18.4 Å². The zero-order valence-electron chi connectivity index (χ0n) is 13.0. The van der Waals surface area contributed by atoms with E-state index in [9.17, 15) is 4.79 Å². The van der Waals surface area contributed by atoms with E-state index in [0.717, 1.165) is 30.7 Å². The highest BCUT2D eigenvalue weighted by atomic mass is 16.5. The number of benzene rings is 1. The van der Waals surface area contributed by atoms with Crippen molar-refractivity contribution in [3.05, 3.63) is 52.3 Å². The number of hydrogen-bond donors (Lipinski definition) is 0. The highest BCUT2D eigenvalue weighted by Gasteiger charge is 2.20. The lowest BCUT2D eigenvalue weighted by molar-refractivity contribution is 0.0965. The van der Waals surface area contributed by atoms with Crippen LogP contribution in [0.5, 0.6) is 5.75 Å². The number of hydrogen-bond acceptors (Lipinski definition) is 4. The van der Waals surface area contributed by atoms with Crippen molar-refractivity contribution in [3.63, 3.8) is 0 Å². The number of rotatable bonds is 4. The molecule has 1 fully saturated rings. The van der Waals surface area contributed by atoms with Crippen LogP contribution in [0, 0.1) is 11.3 Å². The largest absolute Gasteiger partial charge is 0.496 e. The summed E-state index contributed by atoms with van der Waals surface area (Å²) < 4.78 is 12.7. The molecular weight excluding hydrogens is 292 g/mol. The fourth-order valence-electron chi connectivity index (χ4n) is 2.93. The Morgan fingerprint density at radius 2 is 2.17 bits per heavy atom. The molecule has 1 saturated heterocycles. The lowest BCUT2D eigenvalue weighted by Crippen LogP contribution is -2.29. The molecule has 118 valence electrons. The molecule has 1 aromatic carbocycles. The summed E-state index contributed by atoms with van der Waals surface area (Å²) in [5, 5.41) is 9.15. The maximum absolute atomic E-state index is 12.6. The van der Waals surface area contributed by atoms with Crippen molar-refractivity contribution in [2.45, 2.75) is 25.5 Å². The third-order valence-corrected chi connectivity index (χ3v) is 4.09. The minimum absolute atomic E-state index is 0.00935. The molecule has 2 aromatic rings. The molecule has 1 aliphatic heterocycles. The van der Waals surface area contributed by atoms with Gasteiger partial charge in [-0.1, -0.05) is 12.1 Å². The summed E-state index contributed by atoms with van der Waals surface area (Å²) in [5.74, 6) is 0.692. The first-order valence-electron chi connectivity index (χ1n) is 7.63. The minimum Gasteiger partial charge on any atom is -0.496 e. The van der Waals surface area contributed by atoms with Gasteiger partial charge in [-0.2, -0.15) is 5.26 Å². The van der Waals surface area contributed by atoms with Gasteiger partial charge in [0.2, 0.25) is 0 Å². The molecule has 5 nitrogen and oxygen atoms in total. The van der Waals surface area contributed by atoms with Gasteiger partial charge in [0.25, 0.3) is 5.56 Å². The van der Waals surface area contributed by atoms with Crippen LogP contribution in [-0.4, -0.2) is 24.4 Å². The summed E-state index contributed by atoms with van der Waals surface area (Å²) in [7, 11) is 1.60. The second-order valence-corrected chi connectivity index (χ2v) is 5.50. The molecule has 1 atom stereocenters. The second kappa shape index (κ2) is 6.67. The molecule has 5 heteroatoms. The van der Waals surface area contributed by atoms with Gasteiger partial charge in [0.05, 0.1) is 25.5 Å². The summed E-state index contributed by atoms with van der Waals surface area (Å²) >= 11 is 0. The molecule has 0 aliphatic carbocycles.